The van der Waals surface area contributed by atoms with E-state index in [9.17, 15) is 13.2 Å². The zero-order chi connectivity index (χ0) is 17.6. The molecule has 1 aliphatic rings. The molecule has 4 nitrogen and oxygen atoms in total. The molecular formula is C17H12ClF3N4. The van der Waals surface area contributed by atoms with Crippen LogP contribution in [0.15, 0.2) is 30.6 Å². The van der Waals surface area contributed by atoms with Crippen molar-refractivity contribution in [2.75, 3.05) is 0 Å². The van der Waals surface area contributed by atoms with Crippen molar-refractivity contribution < 1.29 is 13.2 Å². The number of pyridine rings is 1. The molecule has 2 heterocycles. The monoisotopic (exact) mass is 364 g/mol. The summed E-state index contributed by atoms with van der Waals surface area (Å²) in [5, 5.41) is 3.78. The van der Waals surface area contributed by atoms with E-state index in [1.165, 1.54) is 22.9 Å². The standard InChI is InChI=1S/C17H12ClF3N4/c18-13-6-10(4-5-14(13)19)25-17(23-16(24-25)15(20)21)12-8-22-7-9-2-1-3-11(9)12/h4-8,15H,1-3H2. The molecule has 0 spiro atoms. The van der Waals surface area contributed by atoms with Gasteiger partial charge >= 0.3 is 0 Å². The van der Waals surface area contributed by atoms with Gasteiger partial charge in [-0.25, -0.2) is 22.8 Å². The van der Waals surface area contributed by atoms with Gasteiger partial charge in [-0.3, -0.25) is 4.98 Å². The van der Waals surface area contributed by atoms with Crippen LogP contribution in [0.25, 0.3) is 17.1 Å². The molecule has 0 atom stereocenters. The fourth-order valence-corrected chi connectivity index (χ4v) is 3.26. The molecule has 1 aliphatic carbocycles. The first-order valence-electron chi connectivity index (χ1n) is 7.71. The summed E-state index contributed by atoms with van der Waals surface area (Å²) in [7, 11) is 0. The Hall–Kier alpha value is -2.41. The van der Waals surface area contributed by atoms with Crippen molar-refractivity contribution in [3.63, 3.8) is 0 Å². The molecule has 0 unspecified atom stereocenters. The van der Waals surface area contributed by atoms with Gasteiger partial charge in [-0.1, -0.05) is 11.6 Å². The second-order valence-electron chi connectivity index (χ2n) is 5.78. The summed E-state index contributed by atoms with van der Waals surface area (Å²) in [4.78, 5) is 8.21. The lowest BCUT2D eigenvalue weighted by Gasteiger charge is -2.10. The summed E-state index contributed by atoms with van der Waals surface area (Å²) in [5.41, 5.74) is 3.15. The topological polar surface area (TPSA) is 43.6 Å². The van der Waals surface area contributed by atoms with E-state index in [4.69, 9.17) is 11.6 Å². The van der Waals surface area contributed by atoms with Crippen molar-refractivity contribution >= 4 is 11.6 Å². The number of benzene rings is 1. The molecule has 25 heavy (non-hydrogen) atoms. The van der Waals surface area contributed by atoms with Gasteiger partial charge in [-0.2, -0.15) is 0 Å². The van der Waals surface area contributed by atoms with Crippen molar-refractivity contribution in [3.05, 3.63) is 58.4 Å². The zero-order valence-electron chi connectivity index (χ0n) is 12.9. The normalized spacial score (nSPS) is 13.5. The molecule has 3 aromatic rings. The molecule has 0 N–H and O–H groups in total. The van der Waals surface area contributed by atoms with E-state index in [0.29, 0.717) is 11.3 Å². The third kappa shape index (κ3) is 2.78. The van der Waals surface area contributed by atoms with Crippen LogP contribution in [0.3, 0.4) is 0 Å². The molecule has 0 bridgehead atoms. The molecule has 0 fully saturated rings. The summed E-state index contributed by atoms with van der Waals surface area (Å²) < 4.78 is 41.0. The van der Waals surface area contributed by atoms with Crippen LogP contribution in [0, 0.1) is 5.82 Å². The van der Waals surface area contributed by atoms with Gasteiger partial charge in [-0.05, 0) is 48.6 Å². The number of hydrogen-bond acceptors (Lipinski definition) is 3. The Morgan fingerprint density at radius 1 is 1.16 bits per heavy atom. The van der Waals surface area contributed by atoms with Crippen molar-refractivity contribution in [2.45, 2.75) is 25.7 Å². The second-order valence-corrected chi connectivity index (χ2v) is 6.19. The number of aryl methyl sites for hydroxylation is 1. The van der Waals surface area contributed by atoms with Gasteiger partial charge in [0.15, 0.2) is 5.82 Å². The van der Waals surface area contributed by atoms with Crippen LogP contribution in [-0.4, -0.2) is 19.7 Å². The Balaban J connectivity index is 1.93. The fourth-order valence-electron chi connectivity index (χ4n) is 3.08. The van der Waals surface area contributed by atoms with Crippen molar-refractivity contribution in [1.29, 1.82) is 0 Å². The van der Waals surface area contributed by atoms with Gasteiger partial charge in [0, 0.05) is 18.0 Å². The third-order valence-corrected chi connectivity index (χ3v) is 4.52. The van der Waals surface area contributed by atoms with E-state index in [1.54, 1.807) is 12.4 Å². The third-order valence-electron chi connectivity index (χ3n) is 4.23. The molecular weight excluding hydrogens is 353 g/mol. The van der Waals surface area contributed by atoms with E-state index in [0.717, 1.165) is 30.4 Å². The van der Waals surface area contributed by atoms with Gasteiger partial charge in [0.25, 0.3) is 6.43 Å². The van der Waals surface area contributed by atoms with Crippen molar-refractivity contribution in [2.24, 2.45) is 0 Å². The lowest BCUT2D eigenvalue weighted by atomic mass is 10.1. The maximum atomic E-state index is 13.4. The van der Waals surface area contributed by atoms with Crippen molar-refractivity contribution in [3.8, 4) is 17.1 Å². The number of aromatic nitrogens is 4. The van der Waals surface area contributed by atoms with Crippen LogP contribution in [0.5, 0.6) is 0 Å². The van der Waals surface area contributed by atoms with E-state index in [-0.39, 0.29) is 10.8 Å². The Bertz CT molecular complexity index is 955. The molecule has 128 valence electrons. The summed E-state index contributed by atoms with van der Waals surface area (Å²) in [6.45, 7) is 0. The number of hydrogen-bond donors (Lipinski definition) is 0. The summed E-state index contributed by atoms with van der Waals surface area (Å²) in [6, 6.07) is 3.92. The largest absolute Gasteiger partial charge is 0.299 e. The zero-order valence-corrected chi connectivity index (χ0v) is 13.6. The highest BCUT2D eigenvalue weighted by atomic mass is 35.5. The number of alkyl halides is 2. The van der Waals surface area contributed by atoms with Gasteiger partial charge < -0.3 is 0 Å². The van der Waals surface area contributed by atoms with Gasteiger partial charge in [0.1, 0.15) is 5.82 Å². The minimum atomic E-state index is -2.82. The van der Waals surface area contributed by atoms with E-state index < -0.39 is 18.1 Å². The van der Waals surface area contributed by atoms with Crippen LogP contribution in [0.1, 0.15) is 29.8 Å². The highest BCUT2D eigenvalue weighted by Gasteiger charge is 2.24. The number of nitrogens with zero attached hydrogens (tertiary/aromatic N) is 4. The number of rotatable bonds is 3. The van der Waals surface area contributed by atoms with Crippen LogP contribution in [0.2, 0.25) is 5.02 Å². The van der Waals surface area contributed by atoms with E-state index in [1.807, 2.05) is 0 Å². The summed E-state index contributed by atoms with van der Waals surface area (Å²) >= 11 is 5.83. The van der Waals surface area contributed by atoms with Crippen molar-refractivity contribution in [1.82, 2.24) is 19.7 Å². The van der Waals surface area contributed by atoms with Gasteiger partial charge in [-0.15, -0.1) is 5.10 Å². The molecule has 8 heteroatoms. The lowest BCUT2D eigenvalue weighted by Crippen LogP contribution is -2.02. The predicted molar refractivity (Wildman–Crippen MR) is 86.5 cm³/mol. The maximum Gasteiger partial charge on any atom is 0.299 e. The Morgan fingerprint density at radius 2 is 2.00 bits per heavy atom. The SMILES string of the molecule is Fc1ccc(-n2nc(C(F)F)nc2-c2cncc3c2CCC3)cc1Cl. The maximum absolute atomic E-state index is 13.4. The van der Waals surface area contributed by atoms with Crippen LogP contribution < -0.4 is 0 Å². The molecule has 2 aromatic heterocycles. The molecule has 1 aromatic carbocycles. The Kier molecular flexibility index (Phi) is 3.95. The predicted octanol–water partition coefficient (Wildman–Crippen LogP) is 4.55. The highest BCUT2D eigenvalue weighted by molar-refractivity contribution is 6.30. The molecule has 0 saturated heterocycles. The first-order valence-corrected chi connectivity index (χ1v) is 8.09. The van der Waals surface area contributed by atoms with Crippen LogP contribution in [0.4, 0.5) is 13.2 Å². The van der Waals surface area contributed by atoms with Crippen LogP contribution >= 0.6 is 11.6 Å². The highest BCUT2D eigenvalue weighted by Crippen LogP contribution is 2.33. The molecule has 0 saturated carbocycles. The smallest absolute Gasteiger partial charge is 0.264 e. The minimum absolute atomic E-state index is 0.117. The molecule has 0 amide bonds. The quantitative estimate of drug-likeness (QED) is 0.685. The van der Waals surface area contributed by atoms with Crippen LogP contribution in [-0.2, 0) is 12.8 Å². The molecule has 0 aliphatic heterocycles. The Morgan fingerprint density at radius 3 is 2.76 bits per heavy atom. The first-order chi connectivity index (χ1) is 12.0. The molecule has 4 rings (SSSR count). The average Bonchev–Trinajstić information content (AvgIpc) is 3.23. The van der Waals surface area contributed by atoms with Gasteiger partial charge in [0.05, 0.1) is 10.7 Å². The first kappa shape index (κ1) is 16.1. The average molecular weight is 365 g/mol. The van der Waals surface area contributed by atoms with E-state index in [2.05, 4.69) is 15.1 Å². The van der Waals surface area contributed by atoms with Gasteiger partial charge in [0.2, 0.25) is 5.82 Å². The number of fused-ring (bicyclic) bond motifs is 1. The minimum Gasteiger partial charge on any atom is -0.264 e. The number of halogens is 4. The lowest BCUT2D eigenvalue weighted by molar-refractivity contribution is 0.140. The second kappa shape index (κ2) is 6.15. The summed E-state index contributed by atoms with van der Waals surface area (Å²) in [6.07, 6.45) is 3.27. The summed E-state index contributed by atoms with van der Waals surface area (Å²) in [5.74, 6) is -0.932. The van der Waals surface area contributed by atoms with E-state index >= 15 is 0 Å². The molecule has 0 radical (unpaired) electrons. The fraction of sp³-hybridized carbons (Fsp3) is 0.235. The Labute approximate surface area is 146 Å².